The molecule has 7 heteroatoms. The molecule has 0 saturated carbocycles. The number of carboxylic acids is 1. The average Bonchev–Trinajstić information content (AvgIpc) is 3.27. The van der Waals surface area contributed by atoms with Crippen molar-refractivity contribution in [1.29, 1.82) is 0 Å². The van der Waals surface area contributed by atoms with Gasteiger partial charge in [0, 0.05) is 39.5 Å². The van der Waals surface area contributed by atoms with Gasteiger partial charge >= 0.3 is 5.97 Å². The number of halogens is 1. The molecule has 0 aliphatic rings. The van der Waals surface area contributed by atoms with E-state index in [2.05, 4.69) is 29.6 Å². The van der Waals surface area contributed by atoms with Crippen LogP contribution in [0, 0.1) is 6.92 Å². The Kier molecular flexibility index (Phi) is 5.88. The zero-order chi connectivity index (χ0) is 21.3. The first-order chi connectivity index (χ1) is 14.5. The Hall–Kier alpha value is -2.70. The van der Waals surface area contributed by atoms with Crippen LogP contribution in [-0.2, 0) is 23.5 Å². The Morgan fingerprint density at radius 3 is 2.80 bits per heavy atom. The molecule has 5 nitrogen and oxygen atoms in total. The first-order valence-corrected chi connectivity index (χ1v) is 11.1. The summed E-state index contributed by atoms with van der Waals surface area (Å²) in [6.45, 7) is 5.00. The standard InChI is InChI=1S/C23H22ClN3O2S/c1-3-26-13-18(12-25-26)27-15(2)21(20-8-7-17(24)11-22(20)27)14-30-19-6-4-5-16(9-19)10-23(28)29/h4-9,11-13H,3,10,14H2,1-2H3,(H,28,29). The van der Waals surface area contributed by atoms with E-state index in [9.17, 15) is 4.79 Å². The summed E-state index contributed by atoms with van der Waals surface area (Å²) in [6, 6.07) is 13.7. The lowest BCUT2D eigenvalue weighted by Gasteiger charge is -2.07. The zero-order valence-corrected chi connectivity index (χ0v) is 18.4. The summed E-state index contributed by atoms with van der Waals surface area (Å²) >= 11 is 8.02. The van der Waals surface area contributed by atoms with Gasteiger partial charge in [-0.3, -0.25) is 9.48 Å². The van der Waals surface area contributed by atoms with Crippen molar-refractivity contribution in [2.45, 2.75) is 37.5 Å². The first kappa shape index (κ1) is 20.6. The highest BCUT2D eigenvalue weighted by Crippen LogP contribution is 2.35. The third-order valence-electron chi connectivity index (χ3n) is 5.14. The largest absolute Gasteiger partial charge is 0.481 e. The van der Waals surface area contributed by atoms with Gasteiger partial charge in [-0.05, 0) is 49.2 Å². The molecule has 0 aliphatic heterocycles. The van der Waals surface area contributed by atoms with Crippen molar-refractivity contribution < 1.29 is 9.90 Å². The fourth-order valence-electron chi connectivity index (χ4n) is 3.69. The molecule has 154 valence electrons. The van der Waals surface area contributed by atoms with E-state index in [1.165, 1.54) is 5.56 Å². The molecule has 0 spiro atoms. The molecule has 0 fully saturated rings. The highest BCUT2D eigenvalue weighted by atomic mass is 35.5. The Balaban J connectivity index is 1.71. The van der Waals surface area contributed by atoms with Crippen LogP contribution in [0.2, 0.25) is 5.02 Å². The van der Waals surface area contributed by atoms with E-state index in [4.69, 9.17) is 16.7 Å². The minimum atomic E-state index is -0.819. The van der Waals surface area contributed by atoms with Gasteiger partial charge < -0.3 is 9.67 Å². The number of carbonyl (C=O) groups is 1. The van der Waals surface area contributed by atoms with Gasteiger partial charge in [-0.2, -0.15) is 5.10 Å². The van der Waals surface area contributed by atoms with Crippen LogP contribution in [0.3, 0.4) is 0 Å². The summed E-state index contributed by atoms with van der Waals surface area (Å²) < 4.78 is 4.12. The predicted molar refractivity (Wildman–Crippen MR) is 122 cm³/mol. The number of hydrogen-bond acceptors (Lipinski definition) is 3. The third-order valence-corrected chi connectivity index (χ3v) is 6.39. The zero-order valence-electron chi connectivity index (χ0n) is 16.8. The number of carboxylic acid groups (broad SMARTS) is 1. The second-order valence-corrected chi connectivity index (χ2v) is 8.61. The second-order valence-electron chi connectivity index (χ2n) is 7.12. The summed E-state index contributed by atoms with van der Waals surface area (Å²) in [5, 5.41) is 15.3. The van der Waals surface area contributed by atoms with Crippen LogP contribution in [0.4, 0.5) is 0 Å². The summed E-state index contributed by atoms with van der Waals surface area (Å²) in [5.41, 5.74) is 5.27. The summed E-state index contributed by atoms with van der Waals surface area (Å²) in [6.07, 6.45) is 3.95. The number of nitrogens with zero attached hydrogens (tertiary/aromatic N) is 3. The van der Waals surface area contributed by atoms with E-state index in [0.717, 1.165) is 45.0 Å². The lowest BCUT2D eigenvalue weighted by atomic mass is 10.1. The molecule has 0 saturated heterocycles. The van der Waals surface area contributed by atoms with Crippen molar-refractivity contribution in [3.05, 3.63) is 76.7 Å². The maximum Gasteiger partial charge on any atom is 0.307 e. The molecule has 0 aliphatic carbocycles. The molecule has 4 rings (SSSR count). The number of rotatable bonds is 7. The minimum Gasteiger partial charge on any atom is -0.481 e. The highest BCUT2D eigenvalue weighted by Gasteiger charge is 2.17. The van der Waals surface area contributed by atoms with Gasteiger partial charge in [0.15, 0.2) is 0 Å². The number of hydrogen-bond donors (Lipinski definition) is 1. The topological polar surface area (TPSA) is 60.0 Å². The lowest BCUT2D eigenvalue weighted by molar-refractivity contribution is -0.136. The van der Waals surface area contributed by atoms with Gasteiger partial charge in [0.1, 0.15) is 0 Å². The molecule has 0 unspecified atom stereocenters. The highest BCUT2D eigenvalue weighted by molar-refractivity contribution is 7.98. The van der Waals surface area contributed by atoms with Crippen molar-refractivity contribution >= 4 is 40.2 Å². The van der Waals surface area contributed by atoms with Crippen molar-refractivity contribution in [2.24, 2.45) is 0 Å². The van der Waals surface area contributed by atoms with Crippen LogP contribution in [-0.4, -0.2) is 25.4 Å². The van der Waals surface area contributed by atoms with E-state index in [1.807, 2.05) is 53.5 Å². The Labute approximate surface area is 184 Å². The molecular formula is C23H22ClN3O2S. The SMILES string of the molecule is CCn1cc(-n2c(C)c(CSc3cccc(CC(=O)O)c3)c3ccc(Cl)cc32)cn1. The molecule has 0 bridgehead atoms. The van der Waals surface area contributed by atoms with Crippen molar-refractivity contribution in [1.82, 2.24) is 14.3 Å². The van der Waals surface area contributed by atoms with E-state index >= 15 is 0 Å². The third kappa shape index (κ3) is 4.11. The number of fused-ring (bicyclic) bond motifs is 1. The molecule has 30 heavy (non-hydrogen) atoms. The second kappa shape index (κ2) is 8.58. The van der Waals surface area contributed by atoms with Gasteiger partial charge in [-0.25, -0.2) is 0 Å². The van der Waals surface area contributed by atoms with Gasteiger partial charge in [0.05, 0.1) is 23.8 Å². The summed E-state index contributed by atoms with van der Waals surface area (Å²) in [4.78, 5) is 12.1. The predicted octanol–water partition coefficient (Wildman–Crippen LogP) is 5.73. The molecule has 4 aromatic rings. The molecule has 1 N–H and O–H groups in total. The molecule has 0 radical (unpaired) electrons. The van der Waals surface area contributed by atoms with Crippen LogP contribution < -0.4 is 0 Å². The van der Waals surface area contributed by atoms with E-state index in [1.54, 1.807) is 11.8 Å². The summed E-state index contributed by atoms with van der Waals surface area (Å²) in [7, 11) is 0. The van der Waals surface area contributed by atoms with Crippen molar-refractivity contribution in [3.8, 4) is 5.69 Å². The lowest BCUT2D eigenvalue weighted by Crippen LogP contribution is -1.99. The maximum atomic E-state index is 11.0. The monoisotopic (exact) mass is 439 g/mol. The molecular weight excluding hydrogens is 418 g/mol. The number of aliphatic carboxylic acids is 1. The van der Waals surface area contributed by atoms with Gasteiger partial charge in [-0.1, -0.05) is 29.8 Å². The van der Waals surface area contributed by atoms with Crippen molar-refractivity contribution in [2.75, 3.05) is 0 Å². The van der Waals surface area contributed by atoms with Crippen LogP contribution in [0.5, 0.6) is 0 Å². The van der Waals surface area contributed by atoms with E-state index in [0.29, 0.717) is 5.02 Å². The fourth-order valence-corrected chi connectivity index (χ4v) is 4.94. The minimum absolute atomic E-state index is 0.0344. The van der Waals surface area contributed by atoms with Gasteiger partial charge in [-0.15, -0.1) is 11.8 Å². The molecule has 0 amide bonds. The fraction of sp³-hybridized carbons (Fsp3) is 0.217. The van der Waals surface area contributed by atoms with E-state index < -0.39 is 5.97 Å². The number of thioether (sulfide) groups is 1. The van der Waals surface area contributed by atoms with Gasteiger partial charge in [0.2, 0.25) is 0 Å². The van der Waals surface area contributed by atoms with Crippen LogP contribution in [0.1, 0.15) is 23.7 Å². The van der Waals surface area contributed by atoms with Crippen LogP contribution in [0.25, 0.3) is 16.6 Å². The van der Waals surface area contributed by atoms with Crippen LogP contribution >= 0.6 is 23.4 Å². The molecule has 2 heterocycles. The van der Waals surface area contributed by atoms with Crippen molar-refractivity contribution in [3.63, 3.8) is 0 Å². The normalized spacial score (nSPS) is 11.3. The summed E-state index contributed by atoms with van der Waals surface area (Å²) in [5.74, 6) is -0.0457. The molecule has 2 aromatic carbocycles. The number of benzene rings is 2. The number of aryl methyl sites for hydroxylation is 1. The Morgan fingerprint density at radius 1 is 1.23 bits per heavy atom. The molecule has 0 atom stereocenters. The van der Waals surface area contributed by atoms with Crippen LogP contribution in [0.15, 0.2) is 59.8 Å². The van der Waals surface area contributed by atoms with Gasteiger partial charge in [0.25, 0.3) is 0 Å². The van der Waals surface area contributed by atoms with E-state index in [-0.39, 0.29) is 6.42 Å². The Bertz CT molecular complexity index is 1230. The number of aromatic nitrogens is 3. The molecule has 2 aromatic heterocycles. The maximum absolute atomic E-state index is 11.0. The smallest absolute Gasteiger partial charge is 0.307 e. The Morgan fingerprint density at radius 2 is 2.07 bits per heavy atom. The average molecular weight is 440 g/mol. The quantitative estimate of drug-likeness (QED) is 0.373. The first-order valence-electron chi connectivity index (χ1n) is 9.72.